The summed E-state index contributed by atoms with van der Waals surface area (Å²) in [5.74, 6) is -0.229. The maximum atomic E-state index is 13.1. The molecule has 1 aromatic rings. The molecule has 1 N–H and O–H groups in total. The van der Waals surface area contributed by atoms with Crippen LogP contribution in [0, 0.1) is 23.1 Å². The summed E-state index contributed by atoms with van der Waals surface area (Å²) in [6.45, 7) is 0. The van der Waals surface area contributed by atoms with Crippen molar-refractivity contribution in [2.45, 2.75) is 25.3 Å². The van der Waals surface area contributed by atoms with Gasteiger partial charge >= 0.3 is 0 Å². The fourth-order valence-electron chi connectivity index (χ4n) is 2.10. The maximum Gasteiger partial charge on any atom is 0.125 e. The van der Waals surface area contributed by atoms with Gasteiger partial charge in [0.25, 0.3) is 0 Å². The second-order valence-corrected chi connectivity index (χ2v) is 4.90. The van der Waals surface area contributed by atoms with Crippen LogP contribution in [0.15, 0.2) is 22.7 Å². The molecule has 1 aromatic carbocycles. The zero-order chi connectivity index (χ0) is 11.5. The number of benzene rings is 1. The van der Waals surface area contributed by atoms with Crippen LogP contribution in [0.3, 0.4) is 0 Å². The molecule has 0 spiro atoms. The van der Waals surface area contributed by atoms with Crippen molar-refractivity contribution in [1.29, 1.82) is 5.26 Å². The number of rotatable bonds is 2. The Hall–Kier alpha value is -1.08. The van der Waals surface area contributed by atoms with Crippen LogP contribution in [-0.4, -0.2) is 6.04 Å². The minimum Gasteiger partial charge on any atom is -0.380 e. The molecule has 1 fully saturated rings. The third-order valence-electron chi connectivity index (χ3n) is 2.95. The smallest absolute Gasteiger partial charge is 0.125 e. The van der Waals surface area contributed by atoms with Crippen LogP contribution in [0.2, 0.25) is 0 Å². The highest BCUT2D eigenvalue weighted by atomic mass is 79.9. The van der Waals surface area contributed by atoms with E-state index in [4.69, 9.17) is 5.26 Å². The zero-order valence-corrected chi connectivity index (χ0v) is 10.3. The third kappa shape index (κ3) is 2.35. The Bertz CT molecular complexity index is 428. The number of halogens is 2. The molecular weight excluding hydrogens is 271 g/mol. The van der Waals surface area contributed by atoms with Gasteiger partial charge in [-0.15, -0.1) is 0 Å². The van der Waals surface area contributed by atoms with Crippen LogP contribution in [0.1, 0.15) is 19.3 Å². The monoisotopic (exact) mass is 282 g/mol. The summed E-state index contributed by atoms with van der Waals surface area (Å²) in [4.78, 5) is 0. The molecule has 2 atom stereocenters. The van der Waals surface area contributed by atoms with E-state index in [-0.39, 0.29) is 17.8 Å². The molecule has 1 aliphatic rings. The van der Waals surface area contributed by atoms with Gasteiger partial charge in [0, 0.05) is 10.5 Å². The van der Waals surface area contributed by atoms with E-state index in [1.807, 2.05) is 0 Å². The van der Waals surface area contributed by atoms with E-state index in [2.05, 4.69) is 27.3 Å². The molecule has 0 bridgehead atoms. The first-order valence-corrected chi connectivity index (χ1v) is 6.11. The Labute approximate surface area is 103 Å². The zero-order valence-electron chi connectivity index (χ0n) is 8.71. The predicted octanol–water partition coefficient (Wildman–Crippen LogP) is 3.69. The normalized spacial score (nSPS) is 24.1. The summed E-state index contributed by atoms with van der Waals surface area (Å²) < 4.78 is 13.9. The van der Waals surface area contributed by atoms with Crippen molar-refractivity contribution in [3.05, 3.63) is 28.5 Å². The highest BCUT2D eigenvalue weighted by Gasteiger charge is 2.27. The highest BCUT2D eigenvalue weighted by molar-refractivity contribution is 9.10. The number of nitrogens with zero attached hydrogens (tertiary/aromatic N) is 1. The van der Waals surface area contributed by atoms with Gasteiger partial charge in [-0.25, -0.2) is 4.39 Å². The quantitative estimate of drug-likeness (QED) is 0.898. The summed E-state index contributed by atoms with van der Waals surface area (Å²) >= 11 is 3.37. The Kier molecular flexibility index (Phi) is 3.45. The van der Waals surface area contributed by atoms with Gasteiger partial charge in [-0.05, 0) is 53.4 Å². The Morgan fingerprint density at radius 3 is 3.00 bits per heavy atom. The molecule has 2 rings (SSSR count). The Balaban J connectivity index is 2.14. The summed E-state index contributed by atoms with van der Waals surface area (Å²) in [5.41, 5.74) is 0.729. The van der Waals surface area contributed by atoms with E-state index in [0.29, 0.717) is 0 Å². The molecule has 84 valence electrons. The molecule has 1 aliphatic carbocycles. The lowest BCUT2D eigenvalue weighted by Gasteiger charge is -2.18. The molecule has 0 aliphatic heterocycles. The summed E-state index contributed by atoms with van der Waals surface area (Å²) in [6.07, 6.45) is 2.96. The van der Waals surface area contributed by atoms with Crippen LogP contribution in [0.25, 0.3) is 0 Å². The van der Waals surface area contributed by atoms with Crippen molar-refractivity contribution in [3.63, 3.8) is 0 Å². The molecule has 0 aromatic heterocycles. The second kappa shape index (κ2) is 4.84. The molecule has 2 unspecified atom stereocenters. The van der Waals surface area contributed by atoms with E-state index < -0.39 is 0 Å². The largest absolute Gasteiger partial charge is 0.380 e. The Morgan fingerprint density at radius 1 is 1.44 bits per heavy atom. The first-order valence-electron chi connectivity index (χ1n) is 5.32. The molecule has 2 nitrogen and oxygen atoms in total. The van der Waals surface area contributed by atoms with Crippen LogP contribution in [0.5, 0.6) is 0 Å². The molecular formula is C12H12BrFN2. The molecule has 1 saturated carbocycles. The standard InChI is InChI=1S/C12H12BrFN2/c13-10-5-4-9(14)6-12(10)16-11-3-1-2-8(11)7-15/h4-6,8,11,16H,1-3H2. The number of hydrogen-bond acceptors (Lipinski definition) is 2. The number of nitriles is 1. The Morgan fingerprint density at radius 2 is 2.25 bits per heavy atom. The maximum absolute atomic E-state index is 13.1. The molecule has 16 heavy (non-hydrogen) atoms. The summed E-state index contributed by atoms with van der Waals surface area (Å²) in [7, 11) is 0. The third-order valence-corrected chi connectivity index (χ3v) is 3.64. The topological polar surface area (TPSA) is 35.8 Å². The first kappa shape index (κ1) is 11.4. The summed E-state index contributed by atoms with van der Waals surface area (Å²) in [5, 5.41) is 12.2. The van der Waals surface area contributed by atoms with E-state index in [0.717, 1.165) is 29.4 Å². The molecule has 0 saturated heterocycles. The van der Waals surface area contributed by atoms with Gasteiger partial charge in [0.15, 0.2) is 0 Å². The molecule has 4 heteroatoms. The fourth-order valence-corrected chi connectivity index (χ4v) is 2.46. The van der Waals surface area contributed by atoms with Crippen LogP contribution >= 0.6 is 15.9 Å². The van der Waals surface area contributed by atoms with E-state index >= 15 is 0 Å². The molecule has 0 radical (unpaired) electrons. The van der Waals surface area contributed by atoms with Crippen molar-refractivity contribution >= 4 is 21.6 Å². The number of hydrogen-bond donors (Lipinski definition) is 1. The van der Waals surface area contributed by atoms with Gasteiger partial charge in [0.05, 0.1) is 17.7 Å². The highest BCUT2D eigenvalue weighted by Crippen LogP contribution is 2.31. The average Bonchev–Trinajstić information content (AvgIpc) is 2.71. The first-order chi connectivity index (χ1) is 7.70. The van der Waals surface area contributed by atoms with Gasteiger partial charge in [-0.1, -0.05) is 0 Å². The molecule has 0 amide bonds. The lowest BCUT2D eigenvalue weighted by molar-refractivity contribution is 0.618. The van der Waals surface area contributed by atoms with Crippen molar-refractivity contribution in [3.8, 4) is 6.07 Å². The van der Waals surface area contributed by atoms with Crippen molar-refractivity contribution in [2.24, 2.45) is 5.92 Å². The minimum atomic E-state index is -0.266. The predicted molar refractivity (Wildman–Crippen MR) is 64.5 cm³/mol. The van der Waals surface area contributed by atoms with E-state index in [9.17, 15) is 4.39 Å². The lowest BCUT2D eigenvalue weighted by Crippen LogP contribution is -2.23. The van der Waals surface area contributed by atoms with E-state index in [1.54, 1.807) is 6.07 Å². The van der Waals surface area contributed by atoms with Crippen molar-refractivity contribution in [2.75, 3.05) is 5.32 Å². The van der Waals surface area contributed by atoms with Gasteiger partial charge in [-0.3, -0.25) is 0 Å². The van der Waals surface area contributed by atoms with Crippen molar-refractivity contribution < 1.29 is 4.39 Å². The minimum absolute atomic E-state index is 0.0372. The number of nitrogens with one attached hydrogen (secondary N) is 1. The number of anilines is 1. The van der Waals surface area contributed by atoms with Gasteiger partial charge in [0.2, 0.25) is 0 Å². The van der Waals surface area contributed by atoms with Crippen LogP contribution in [0.4, 0.5) is 10.1 Å². The van der Waals surface area contributed by atoms with Gasteiger partial charge in [0.1, 0.15) is 5.82 Å². The molecule has 0 heterocycles. The van der Waals surface area contributed by atoms with Gasteiger partial charge in [-0.2, -0.15) is 5.26 Å². The summed E-state index contributed by atoms with van der Waals surface area (Å²) in [6, 6.07) is 6.98. The van der Waals surface area contributed by atoms with Crippen molar-refractivity contribution in [1.82, 2.24) is 0 Å². The van der Waals surface area contributed by atoms with E-state index in [1.165, 1.54) is 12.1 Å². The SMILES string of the molecule is N#CC1CCCC1Nc1cc(F)ccc1Br. The second-order valence-electron chi connectivity index (χ2n) is 4.04. The fraction of sp³-hybridized carbons (Fsp3) is 0.417. The average molecular weight is 283 g/mol. The van der Waals surface area contributed by atoms with Crippen LogP contribution in [-0.2, 0) is 0 Å². The van der Waals surface area contributed by atoms with Gasteiger partial charge < -0.3 is 5.32 Å². The van der Waals surface area contributed by atoms with Crippen LogP contribution < -0.4 is 5.32 Å². The lowest BCUT2D eigenvalue weighted by atomic mass is 10.1.